The number of amides is 3. The molecular weight excluding hydrogens is 202 g/mol. The maximum atomic E-state index is 10.4. The van der Waals surface area contributed by atoms with E-state index in [1.165, 1.54) is 0 Å². The van der Waals surface area contributed by atoms with Gasteiger partial charge in [-0.05, 0) is 22.9 Å². The minimum Gasteiger partial charge on any atom is -0.279 e. The van der Waals surface area contributed by atoms with Crippen LogP contribution in [0.25, 0.3) is 0 Å². The van der Waals surface area contributed by atoms with E-state index in [4.69, 9.17) is 0 Å². The molecule has 10 heavy (non-hydrogen) atoms. The first-order valence-electron chi connectivity index (χ1n) is 2.36. The number of hydrogen-bond acceptors (Lipinski definition) is 3. The Morgan fingerprint density at radius 2 is 2.30 bits per heavy atom. The van der Waals surface area contributed by atoms with Gasteiger partial charge in [0.2, 0.25) is 6.41 Å². The van der Waals surface area contributed by atoms with Crippen LogP contribution in [0.5, 0.6) is 0 Å². The fourth-order valence-corrected chi connectivity index (χ4v) is 0.302. The van der Waals surface area contributed by atoms with Gasteiger partial charge in [0.1, 0.15) is 4.62 Å². The zero-order chi connectivity index (χ0) is 7.98. The second-order valence-electron chi connectivity index (χ2n) is 1.31. The summed E-state index contributed by atoms with van der Waals surface area (Å²) in [6.45, 7) is 1.64. The van der Waals surface area contributed by atoms with E-state index in [1.54, 1.807) is 6.92 Å². The number of hydrogen-bond donors (Lipinski definition) is 2. The molecule has 0 bridgehead atoms. The van der Waals surface area contributed by atoms with E-state index in [-0.39, 0.29) is 6.41 Å². The van der Waals surface area contributed by atoms with E-state index in [0.29, 0.717) is 4.62 Å². The Kier molecular flexibility index (Phi) is 4.47. The first-order chi connectivity index (χ1) is 4.66. The van der Waals surface area contributed by atoms with E-state index >= 15 is 0 Å². The maximum absolute atomic E-state index is 10.4. The number of carbonyl (C=O) groups excluding carboxylic acids is 2. The quantitative estimate of drug-likeness (QED) is 0.385. The van der Waals surface area contributed by atoms with Gasteiger partial charge in [-0.3, -0.25) is 10.1 Å². The van der Waals surface area contributed by atoms with Crippen LogP contribution in [-0.4, -0.2) is 17.1 Å². The monoisotopic (exact) mass is 207 g/mol. The Morgan fingerprint density at radius 1 is 1.70 bits per heavy atom. The highest BCUT2D eigenvalue weighted by atomic mass is 79.9. The Morgan fingerprint density at radius 3 is 2.70 bits per heavy atom. The standard InChI is InChI=1S/C4H6BrN3O2/c1-3(5)7-8-4(10)6-2-9/h2H,1H3,(H2,6,8,9,10)/b7-3+. The van der Waals surface area contributed by atoms with E-state index in [0.717, 1.165) is 0 Å². The van der Waals surface area contributed by atoms with E-state index in [1.807, 2.05) is 10.7 Å². The van der Waals surface area contributed by atoms with Gasteiger partial charge in [-0.1, -0.05) is 0 Å². The molecule has 0 aromatic heterocycles. The molecule has 5 nitrogen and oxygen atoms in total. The smallest absolute Gasteiger partial charge is 0.279 e. The highest BCUT2D eigenvalue weighted by Crippen LogP contribution is 1.82. The summed E-state index contributed by atoms with van der Waals surface area (Å²) in [7, 11) is 0. The summed E-state index contributed by atoms with van der Waals surface area (Å²) in [5.74, 6) is 0. The van der Waals surface area contributed by atoms with Gasteiger partial charge < -0.3 is 0 Å². The predicted molar refractivity (Wildman–Crippen MR) is 39.8 cm³/mol. The van der Waals surface area contributed by atoms with Crippen molar-refractivity contribution in [3.63, 3.8) is 0 Å². The molecule has 0 aliphatic heterocycles. The van der Waals surface area contributed by atoms with Crippen molar-refractivity contribution in [3.05, 3.63) is 0 Å². The summed E-state index contributed by atoms with van der Waals surface area (Å²) in [4.78, 5) is 20.0. The van der Waals surface area contributed by atoms with Crippen molar-refractivity contribution in [2.24, 2.45) is 5.10 Å². The van der Waals surface area contributed by atoms with Gasteiger partial charge in [-0.25, -0.2) is 10.2 Å². The predicted octanol–water partition coefficient (Wildman–Crippen LogP) is 0.170. The summed E-state index contributed by atoms with van der Waals surface area (Å²) in [5.41, 5.74) is 2.04. The molecule has 0 saturated heterocycles. The lowest BCUT2D eigenvalue weighted by Crippen LogP contribution is -2.31. The molecule has 0 unspecified atom stereocenters. The van der Waals surface area contributed by atoms with E-state index < -0.39 is 6.03 Å². The number of nitrogens with zero attached hydrogens (tertiary/aromatic N) is 1. The van der Waals surface area contributed by atoms with Crippen LogP contribution in [0.2, 0.25) is 0 Å². The lowest BCUT2D eigenvalue weighted by Gasteiger charge is -1.94. The van der Waals surface area contributed by atoms with Gasteiger partial charge in [0.05, 0.1) is 0 Å². The second-order valence-corrected chi connectivity index (χ2v) is 2.46. The van der Waals surface area contributed by atoms with E-state index in [2.05, 4.69) is 21.0 Å². The second kappa shape index (κ2) is 4.92. The summed E-state index contributed by atoms with van der Waals surface area (Å²) >= 11 is 2.97. The van der Waals surface area contributed by atoms with Crippen molar-refractivity contribution in [3.8, 4) is 0 Å². The van der Waals surface area contributed by atoms with Crippen molar-refractivity contribution >= 4 is 33.0 Å². The van der Waals surface area contributed by atoms with Crippen molar-refractivity contribution in [2.75, 3.05) is 0 Å². The van der Waals surface area contributed by atoms with Gasteiger partial charge >= 0.3 is 6.03 Å². The molecule has 0 spiro atoms. The van der Waals surface area contributed by atoms with Crippen molar-refractivity contribution < 1.29 is 9.59 Å². The molecular formula is C4H6BrN3O2. The minimum atomic E-state index is -0.659. The normalized spacial score (nSPS) is 10.4. The Balaban J connectivity index is 3.59. The number of carbonyl (C=O) groups is 2. The van der Waals surface area contributed by atoms with Crippen molar-refractivity contribution in [1.82, 2.24) is 10.7 Å². The molecule has 0 aromatic carbocycles. The molecule has 0 fully saturated rings. The van der Waals surface area contributed by atoms with Crippen molar-refractivity contribution in [2.45, 2.75) is 6.92 Å². The zero-order valence-corrected chi connectivity index (χ0v) is 6.81. The van der Waals surface area contributed by atoms with Gasteiger partial charge in [0, 0.05) is 0 Å². The largest absolute Gasteiger partial charge is 0.341 e. The van der Waals surface area contributed by atoms with Gasteiger partial charge in [0.15, 0.2) is 0 Å². The lowest BCUT2D eigenvalue weighted by molar-refractivity contribution is -0.108. The number of urea groups is 1. The van der Waals surface area contributed by atoms with Crippen LogP contribution in [0.1, 0.15) is 6.92 Å². The van der Waals surface area contributed by atoms with Crippen LogP contribution in [0.15, 0.2) is 5.10 Å². The molecule has 0 heterocycles. The molecule has 0 saturated carbocycles. The molecule has 2 N–H and O–H groups in total. The molecule has 56 valence electrons. The molecule has 3 amide bonds. The molecule has 0 radical (unpaired) electrons. The van der Waals surface area contributed by atoms with Gasteiger partial charge in [0.25, 0.3) is 0 Å². The molecule has 0 aliphatic rings. The molecule has 0 rings (SSSR count). The van der Waals surface area contributed by atoms with Crippen LogP contribution in [0, 0.1) is 0 Å². The topological polar surface area (TPSA) is 70.6 Å². The number of hydrazone groups is 1. The number of rotatable bonds is 2. The fourth-order valence-electron chi connectivity index (χ4n) is 0.214. The third-order valence-corrected chi connectivity index (χ3v) is 0.679. The summed E-state index contributed by atoms with van der Waals surface area (Å²) in [5, 5.41) is 5.30. The first kappa shape index (κ1) is 9.09. The SMILES string of the molecule is C/C(Br)=N\NC(=O)NC=O. The minimum absolute atomic E-state index is 0.272. The highest BCUT2D eigenvalue weighted by molar-refractivity contribution is 9.18. The number of halogens is 1. The number of nitrogens with one attached hydrogen (secondary N) is 2. The van der Waals surface area contributed by atoms with Gasteiger partial charge in [-0.2, -0.15) is 5.10 Å². The number of imide groups is 1. The van der Waals surface area contributed by atoms with Crippen LogP contribution >= 0.6 is 15.9 Å². The summed E-state index contributed by atoms with van der Waals surface area (Å²) in [6, 6.07) is -0.659. The lowest BCUT2D eigenvalue weighted by atomic mass is 10.9. The molecule has 0 aliphatic carbocycles. The third-order valence-electron chi connectivity index (χ3n) is 0.502. The van der Waals surface area contributed by atoms with Crippen LogP contribution in [0.4, 0.5) is 4.79 Å². The molecule has 6 heteroatoms. The van der Waals surface area contributed by atoms with Gasteiger partial charge in [-0.15, -0.1) is 0 Å². The zero-order valence-electron chi connectivity index (χ0n) is 5.22. The fraction of sp³-hybridized carbons (Fsp3) is 0.250. The highest BCUT2D eigenvalue weighted by Gasteiger charge is 1.92. The molecule has 0 aromatic rings. The average Bonchev–Trinajstić information content (AvgIpc) is 1.85. The van der Waals surface area contributed by atoms with Crippen LogP contribution in [0.3, 0.4) is 0 Å². The van der Waals surface area contributed by atoms with Crippen LogP contribution < -0.4 is 10.7 Å². The van der Waals surface area contributed by atoms with Crippen LogP contribution in [-0.2, 0) is 4.79 Å². The van der Waals surface area contributed by atoms with Crippen molar-refractivity contribution in [1.29, 1.82) is 0 Å². The Hall–Kier alpha value is -0.910. The van der Waals surface area contributed by atoms with E-state index in [9.17, 15) is 9.59 Å². The maximum Gasteiger partial charge on any atom is 0.341 e. The summed E-state index contributed by atoms with van der Waals surface area (Å²) < 4.78 is 0.522. The first-order valence-corrected chi connectivity index (χ1v) is 3.16. The Bertz CT molecular complexity index is 164. The third kappa shape index (κ3) is 5.23. The Labute approximate surface area is 66.0 Å². The summed E-state index contributed by atoms with van der Waals surface area (Å²) in [6.07, 6.45) is 0.272. The molecule has 0 atom stereocenters. The average molecular weight is 208 g/mol.